The fourth-order valence-corrected chi connectivity index (χ4v) is 1.61. The van der Waals surface area contributed by atoms with Gasteiger partial charge in [0.05, 0.1) is 10.5 Å². The van der Waals surface area contributed by atoms with Crippen LogP contribution in [-0.2, 0) is 10.4 Å². The molecule has 96 valence electrons. The van der Waals surface area contributed by atoms with Gasteiger partial charge in [0, 0.05) is 16.1 Å². The van der Waals surface area contributed by atoms with Crippen molar-refractivity contribution in [1.29, 1.82) is 0 Å². The van der Waals surface area contributed by atoms with E-state index in [1.165, 1.54) is 6.20 Å². The average Bonchev–Trinajstić information content (AvgIpc) is 2.47. The van der Waals surface area contributed by atoms with Crippen LogP contribution < -0.4 is 0 Å². The number of nitrogens with one attached hydrogen (secondary N) is 1. The van der Waals surface area contributed by atoms with Crippen LogP contribution in [0.5, 0.6) is 5.75 Å². The summed E-state index contributed by atoms with van der Waals surface area (Å²) in [5.74, 6) is 0.238. The van der Waals surface area contributed by atoms with Crippen molar-refractivity contribution in [3.8, 4) is 5.75 Å². The Morgan fingerprint density at radius 3 is 2.28 bits per heavy atom. The van der Waals surface area contributed by atoms with Crippen LogP contribution in [0.2, 0.25) is 5.02 Å². The molecule has 0 fully saturated rings. The van der Waals surface area contributed by atoms with Crippen molar-refractivity contribution in [2.45, 2.75) is 0 Å². The summed E-state index contributed by atoms with van der Waals surface area (Å²) in [5.41, 5.74) is 0.834. The van der Waals surface area contributed by atoms with Gasteiger partial charge in [0.1, 0.15) is 5.75 Å². The molecule has 0 amide bonds. The number of hydrogen-bond acceptors (Lipinski definition) is 3. The molecule has 1 aromatic heterocycles. The second-order valence-electron chi connectivity index (χ2n) is 2.93. The molecule has 0 spiro atoms. The van der Waals surface area contributed by atoms with Crippen molar-refractivity contribution < 1.29 is 22.6 Å². The molecule has 0 saturated heterocycles. The van der Waals surface area contributed by atoms with Crippen molar-refractivity contribution in [1.82, 2.24) is 4.98 Å². The Hall–Kier alpha value is 0.836. The van der Waals surface area contributed by atoms with Gasteiger partial charge in [-0.05, 0) is 28.1 Å². The van der Waals surface area contributed by atoms with Gasteiger partial charge in [-0.3, -0.25) is 9.11 Å². The Morgan fingerprint density at radius 1 is 1.28 bits per heavy atom. The topological polar surface area (TPSA) is 111 Å². The number of benzene rings is 1. The summed E-state index contributed by atoms with van der Waals surface area (Å²) in [6.45, 7) is 0. The quantitative estimate of drug-likeness (QED) is 0.410. The van der Waals surface area contributed by atoms with Crippen LogP contribution in [0.1, 0.15) is 0 Å². The molecule has 0 unspecified atom stereocenters. The van der Waals surface area contributed by atoms with Crippen molar-refractivity contribution in [2.24, 2.45) is 0 Å². The number of halogens is 2. The molecule has 18 heavy (non-hydrogen) atoms. The van der Waals surface area contributed by atoms with Crippen molar-refractivity contribution in [2.75, 3.05) is 0 Å². The number of rotatable bonds is 0. The Bertz CT molecular complexity index is 636. The first kappa shape index (κ1) is 18.8. The van der Waals surface area contributed by atoms with E-state index in [4.69, 9.17) is 29.1 Å². The Kier molecular flexibility index (Phi) is 7.93. The van der Waals surface area contributed by atoms with E-state index in [2.05, 4.69) is 20.9 Å². The van der Waals surface area contributed by atoms with Gasteiger partial charge in [-0.25, -0.2) is 0 Å². The number of aromatic hydroxyl groups is 1. The maximum absolute atomic E-state index is 9.33. The van der Waals surface area contributed by atoms with E-state index in [9.17, 15) is 5.11 Å². The van der Waals surface area contributed by atoms with Gasteiger partial charge in [-0.1, -0.05) is 11.6 Å². The maximum atomic E-state index is 9.33. The van der Waals surface area contributed by atoms with E-state index in [-0.39, 0.29) is 57.1 Å². The molecule has 4 N–H and O–H groups in total. The van der Waals surface area contributed by atoms with Crippen LogP contribution in [0, 0.1) is 0 Å². The SMILES string of the molecule is O=S(=O)(O)O.Oc1c[nH]c2cc(Cl)c(Br)cc12.[KH]. The second kappa shape index (κ2) is 7.57. The fourth-order valence-electron chi connectivity index (χ4n) is 1.10. The van der Waals surface area contributed by atoms with E-state index in [0.717, 1.165) is 15.4 Å². The van der Waals surface area contributed by atoms with Gasteiger partial charge in [0.15, 0.2) is 0 Å². The molecular formula is C8H8BrClKNO5S. The summed E-state index contributed by atoms with van der Waals surface area (Å²) < 4.78 is 32.4. The van der Waals surface area contributed by atoms with Gasteiger partial charge in [0.2, 0.25) is 0 Å². The zero-order valence-electron chi connectivity index (χ0n) is 8.05. The molecule has 0 bridgehead atoms. The monoisotopic (exact) mass is 383 g/mol. The van der Waals surface area contributed by atoms with Crippen LogP contribution >= 0.6 is 27.5 Å². The van der Waals surface area contributed by atoms with E-state index in [1.54, 1.807) is 12.1 Å². The van der Waals surface area contributed by atoms with Crippen LogP contribution in [0.25, 0.3) is 10.9 Å². The first-order valence-corrected chi connectivity index (χ1v) is 6.60. The number of fused-ring (bicyclic) bond motifs is 1. The predicted molar refractivity (Wildman–Crippen MR) is 74.0 cm³/mol. The molecule has 0 aliphatic rings. The molecule has 0 radical (unpaired) electrons. The fraction of sp³-hybridized carbons (Fsp3) is 0. The van der Waals surface area contributed by atoms with Crippen molar-refractivity contribution in [3.63, 3.8) is 0 Å². The first-order valence-electron chi connectivity index (χ1n) is 4.03. The van der Waals surface area contributed by atoms with Gasteiger partial charge in [-0.2, -0.15) is 8.42 Å². The summed E-state index contributed by atoms with van der Waals surface area (Å²) in [4.78, 5) is 2.90. The van der Waals surface area contributed by atoms with E-state index < -0.39 is 10.4 Å². The summed E-state index contributed by atoms with van der Waals surface area (Å²) in [7, 11) is -4.67. The molecule has 1 heterocycles. The number of hydrogen-bond donors (Lipinski definition) is 4. The average molecular weight is 385 g/mol. The molecule has 0 saturated carbocycles. The van der Waals surface area contributed by atoms with Crippen LogP contribution in [0.3, 0.4) is 0 Å². The summed E-state index contributed by atoms with van der Waals surface area (Å²) >= 11 is 9.13. The Labute approximate surface area is 159 Å². The van der Waals surface area contributed by atoms with Gasteiger partial charge < -0.3 is 10.1 Å². The molecule has 2 aromatic rings. The van der Waals surface area contributed by atoms with E-state index >= 15 is 0 Å². The van der Waals surface area contributed by atoms with E-state index in [0.29, 0.717) is 5.02 Å². The zero-order chi connectivity index (χ0) is 13.2. The van der Waals surface area contributed by atoms with Crippen molar-refractivity contribution in [3.05, 3.63) is 27.8 Å². The minimum atomic E-state index is -4.67. The zero-order valence-corrected chi connectivity index (χ0v) is 11.2. The molecular weight excluding hydrogens is 377 g/mol. The summed E-state index contributed by atoms with van der Waals surface area (Å²) in [6, 6.07) is 3.55. The number of H-pyrrole nitrogens is 1. The third-order valence-electron chi connectivity index (χ3n) is 1.70. The van der Waals surface area contributed by atoms with Crippen LogP contribution in [0.4, 0.5) is 0 Å². The first-order chi connectivity index (χ1) is 7.68. The van der Waals surface area contributed by atoms with Gasteiger partial charge in [0.25, 0.3) is 0 Å². The van der Waals surface area contributed by atoms with Crippen molar-refractivity contribution >= 4 is 100 Å². The minimum absolute atomic E-state index is 0. The molecule has 2 rings (SSSR count). The third kappa shape index (κ3) is 6.33. The molecule has 10 heteroatoms. The predicted octanol–water partition coefficient (Wildman–Crippen LogP) is 1.99. The number of aromatic nitrogens is 1. The molecule has 0 aliphatic carbocycles. The van der Waals surface area contributed by atoms with E-state index in [1.807, 2.05) is 0 Å². The second-order valence-corrected chi connectivity index (χ2v) is 5.09. The number of aromatic amines is 1. The molecule has 1 aromatic carbocycles. The standard InChI is InChI=1S/C8H5BrClNO.K.H2O4S.H/c9-5-1-4-7(2-6(5)10)11-3-8(4)12;;1-5(2,3)4;/h1-3,11-12H;;(H2,1,2,3,4);. The Balaban J connectivity index is 0.000000421. The summed E-state index contributed by atoms with van der Waals surface area (Å²) in [6.07, 6.45) is 1.54. The molecule has 0 aliphatic heterocycles. The van der Waals surface area contributed by atoms with Gasteiger partial charge >= 0.3 is 61.8 Å². The third-order valence-corrected chi connectivity index (χ3v) is 2.90. The van der Waals surface area contributed by atoms with Gasteiger partial charge in [-0.15, -0.1) is 0 Å². The Morgan fingerprint density at radius 2 is 1.78 bits per heavy atom. The molecule has 6 nitrogen and oxygen atoms in total. The summed E-state index contributed by atoms with van der Waals surface area (Å²) in [5, 5.41) is 10.7. The van der Waals surface area contributed by atoms with Crippen LogP contribution in [0.15, 0.2) is 22.8 Å². The normalized spacial score (nSPS) is 10.4. The van der Waals surface area contributed by atoms with Crippen LogP contribution in [-0.4, -0.2) is 79.0 Å². The molecule has 0 atom stereocenters.